The number of ether oxygens (including phenoxy) is 1. The molecule has 0 bridgehead atoms. The lowest BCUT2D eigenvalue weighted by atomic mass is 10.1. The van der Waals surface area contributed by atoms with Crippen LogP contribution in [0.3, 0.4) is 0 Å². The Morgan fingerprint density at radius 2 is 2.00 bits per heavy atom. The van der Waals surface area contributed by atoms with Gasteiger partial charge in [-0.25, -0.2) is 0 Å². The van der Waals surface area contributed by atoms with Crippen molar-refractivity contribution in [2.75, 3.05) is 5.32 Å². The zero-order valence-electron chi connectivity index (χ0n) is 11.4. The summed E-state index contributed by atoms with van der Waals surface area (Å²) in [5.41, 5.74) is 1.94. The van der Waals surface area contributed by atoms with E-state index in [2.05, 4.69) is 5.32 Å². The molecule has 2 aromatic rings. The van der Waals surface area contributed by atoms with Crippen molar-refractivity contribution in [3.63, 3.8) is 0 Å². The average molecular weight is 300 g/mol. The van der Waals surface area contributed by atoms with Gasteiger partial charge in [0.2, 0.25) is 5.75 Å². The molecule has 7 nitrogen and oxygen atoms in total. The zero-order chi connectivity index (χ0) is 15.7. The Morgan fingerprint density at radius 1 is 1.23 bits per heavy atom. The molecular formula is C15H12N2O5. The third-order valence-electron chi connectivity index (χ3n) is 3.44. The molecule has 0 aliphatic carbocycles. The molecule has 2 N–H and O–H groups in total. The number of benzene rings is 2. The molecule has 1 heterocycles. The molecule has 0 unspecified atom stereocenters. The summed E-state index contributed by atoms with van der Waals surface area (Å²) in [7, 11) is 0. The smallest absolute Gasteiger partial charge is 0.311 e. The maximum absolute atomic E-state index is 12.2. The standard InChI is InChI=1S/C15H12N2O5/c18-14-12(2-1-3-13(14)17(20)21)15(19)16-11-5-4-9-7-22-8-10(9)6-11/h1-6,18H,7-8H2,(H,16,19). The second-order valence-electron chi connectivity index (χ2n) is 4.86. The highest BCUT2D eigenvalue weighted by molar-refractivity contribution is 6.06. The number of phenolic OH excluding ortho intramolecular Hbond substituents is 1. The lowest BCUT2D eigenvalue weighted by molar-refractivity contribution is -0.385. The number of nitro groups is 1. The number of anilines is 1. The van der Waals surface area contributed by atoms with E-state index in [4.69, 9.17) is 4.74 Å². The first-order valence-electron chi connectivity index (χ1n) is 6.53. The van der Waals surface area contributed by atoms with Crippen LogP contribution in [-0.4, -0.2) is 15.9 Å². The summed E-state index contributed by atoms with van der Waals surface area (Å²) in [6, 6.07) is 9.18. The van der Waals surface area contributed by atoms with Crippen molar-refractivity contribution in [1.29, 1.82) is 0 Å². The summed E-state index contributed by atoms with van der Waals surface area (Å²) < 4.78 is 5.29. The van der Waals surface area contributed by atoms with Gasteiger partial charge in [0.15, 0.2) is 0 Å². The lowest BCUT2D eigenvalue weighted by Gasteiger charge is -2.08. The number of nitrogens with zero attached hydrogens (tertiary/aromatic N) is 1. The van der Waals surface area contributed by atoms with Gasteiger partial charge in [-0.1, -0.05) is 12.1 Å². The number of nitro benzene ring substituents is 1. The van der Waals surface area contributed by atoms with Crippen molar-refractivity contribution in [3.8, 4) is 5.75 Å². The number of nitrogens with one attached hydrogen (secondary N) is 1. The summed E-state index contributed by atoms with van der Waals surface area (Å²) >= 11 is 0. The van der Waals surface area contributed by atoms with Gasteiger partial charge in [-0.3, -0.25) is 14.9 Å². The van der Waals surface area contributed by atoms with Crippen molar-refractivity contribution < 1.29 is 19.6 Å². The van der Waals surface area contributed by atoms with E-state index in [1.54, 1.807) is 12.1 Å². The van der Waals surface area contributed by atoms with Crippen LogP contribution in [0, 0.1) is 10.1 Å². The van der Waals surface area contributed by atoms with E-state index in [0.717, 1.165) is 17.2 Å². The van der Waals surface area contributed by atoms with Gasteiger partial charge in [0, 0.05) is 11.8 Å². The number of phenols is 1. The Bertz CT molecular complexity index is 773. The van der Waals surface area contributed by atoms with Crippen molar-refractivity contribution in [3.05, 3.63) is 63.2 Å². The van der Waals surface area contributed by atoms with E-state index in [-0.39, 0.29) is 5.56 Å². The maximum atomic E-state index is 12.2. The van der Waals surface area contributed by atoms with Crippen LogP contribution in [-0.2, 0) is 18.0 Å². The molecule has 112 valence electrons. The first kappa shape index (κ1) is 14.0. The molecule has 0 spiro atoms. The van der Waals surface area contributed by atoms with Gasteiger partial charge in [0.25, 0.3) is 5.91 Å². The Balaban J connectivity index is 1.86. The Labute approximate surface area is 125 Å². The quantitative estimate of drug-likeness (QED) is 0.670. The van der Waals surface area contributed by atoms with E-state index >= 15 is 0 Å². The monoisotopic (exact) mass is 300 g/mol. The lowest BCUT2D eigenvalue weighted by Crippen LogP contribution is -2.12. The minimum absolute atomic E-state index is 0.147. The van der Waals surface area contributed by atoms with Crippen LogP contribution in [0.15, 0.2) is 36.4 Å². The highest BCUT2D eigenvalue weighted by atomic mass is 16.6. The highest BCUT2D eigenvalue weighted by Gasteiger charge is 2.21. The van der Waals surface area contributed by atoms with Crippen LogP contribution in [0.1, 0.15) is 21.5 Å². The number of carbonyl (C=O) groups excluding carboxylic acids is 1. The van der Waals surface area contributed by atoms with Gasteiger partial charge in [-0.2, -0.15) is 0 Å². The average Bonchev–Trinajstić information content (AvgIpc) is 2.94. The van der Waals surface area contributed by atoms with E-state index in [9.17, 15) is 20.0 Å². The number of fused-ring (bicyclic) bond motifs is 1. The summed E-state index contributed by atoms with van der Waals surface area (Å²) in [5, 5.41) is 23.2. The van der Waals surface area contributed by atoms with Crippen LogP contribution in [0.2, 0.25) is 0 Å². The summed E-state index contributed by atoms with van der Waals surface area (Å²) in [5.74, 6) is -1.26. The van der Waals surface area contributed by atoms with E-state index in [1.807, 2.05) is 6.07 Å². The second kappa shape index (κ2) is 5.45. The third kappa shape index (κ3) is 2.49. The van der Waals surface area contributed by atoms with Gasteiger partial charge < -0.3 is 15.2 Å². The molecule has 1 aliphatic heterocycles. The van der Waals surface area contributed by atoms with Crippen LogP contribution in [0.4, 0.5) is 11.4 Å². The van der Waals surface area contributed by atoms with Gasteiger partial charge in [0.1, 0.15) is 0 Å². The fourth-order valence-corrected chi connectivity index (χ4v) is 2.31. The number of hydrogen-bond acceptors (Lipinski definition) is 5. The molecule has 0 saturated carbocycles. The predicted molar refractivity (Wildman–Crippen MR) is 77.6 cm³/mol. The fraction of sp³-hybridized carbons (Fsp3) is 0.133. The largest absolute Gasteiger partial charge is 0.502 e. The molecule has 0 radical (unpaired) electrons. The van der Waals surface area contributed by atoms with Crippen molar-refractivity contribution in [2.24, 2.45) is 0 Å². The third-order valence-corrected chi connectivity index (χ3v) is 3.44. The van der Waals surface area contributed by atoms with E-state index in [0.29, 0.717) is 18.9 Å². The molecule has 1 aliphatic rings. The van der Waals surface area contributed by atoms with Gasteiger partial charge in [0.05, 0.1) is 23.7 Å². The van der Waals surface area contributed by atoms with Gasteiger partial charge >= 0.3 is 5.69 Å². The Kier molecular flexibility index (Phi) is 3.48. The van der Waals surface area contributed by atoms with Crippen LogP contribution >= 0.6 is 0 Å². The molecule has 0 aromatic heterocycles. The minimum Gasteiger partial charge on any atom is -0.502 e. The topological polar surface area (TPSA) is 102 Å². The number of rotatable bonds is 3. The van der Waals surface area contributed by atoms with Crippen LogP contribution in [0.5, 0.6) is 5.75 Å². The molecular weight excluding hydrogens is 288 g/mol. The summed E-state index contributed by atoms with van der Waals surface area (Å²) in [4.78, 5) is 22.2. The summed E-state index contributed by atoms with van der Waals surface area (Å²) in [6.07, 6.45) is 0. The summed E-state index contributed by atoms with van der Waals surface area (Å²) in [6.45, 7) is 1.04. The number of hydrogen-bond donors (Lipinski definition) is 2. The number of para-hydroxylation sites is 1. The van der Waals surface area contributed by atoms with E-state index < -0.39 is 22.3 Å². The normalized spacial score (nSPS) is 12.7. The first-order valence-corrected chi connectivity index (χ1v) is 6.53. The second-order valence-corrected chi connectivity index (χ2v) is 4.86. The Morgan fingerprint density at radius 3 is 2.77 bits per heavy atom. The van der Waals surface area contributed by atoms with Crippen molar-refractivity contribution in [1.82, 2.24) is 0 Å². The van der Waals surface area contributed by atoms with Crippen LogP contribution in [0.25, 0.3) is 0 Å². The molecule has 7 heteroatoms. The fourth-order valence-electron chi connectivity index (χ4n) is 2.31. The molecule has 3 rings (SSSR count). The number of carbonyl (C=O) groups is 1. The molecule has 1 amide bonds. The van der Waals surface area contributed by atoms with Gasteiger partial charge in [-0.05, 0) is 29.3 Å². The zero-order valence-corrected chi connectivity index (χ0v) is 11.4. The highest BCUT2D eigenvalue weighted by Crippen LogP contribution is 2.30. The molecule has 0 fully saturated rings. The number of amides is 1. The van der Waals surface area contributed by atoms with E-state index in [1.165, 1.54) is 12.1 Å². The molecule has 0 saturated heterocycles. The Hall–Kier alpha value is -2.93. The first-order chi connectivity index (χ1) is 10.6. The molecule has 22 heavy (non-hydrogen) atoms. The van der Waals surface area contributed by atoms with Crippen molar-refractivity contribution >= 4 is 17.3 Å². The molecule has 2 aromatic carbocycles. The minimum atomic E-state index is -0.737. The van der Waals surface area contributed by atoms with Crippen LogP contribution < -0.4 is 5.32 Å². The SMILES string of the molecule is O=C(Nc1ccc2c(c1)COC2)c1cccc([N+](=O)[O-])c1O. The molecule has 0 atom stereocenters. The number of aromatic hydroxyl groups is 1. The van der Waals surface area contributed by atoms with Crippen molar-refractivity contribution in [2.45, 2.75) is 13.2 Å². The predicted octanol–water partition coefficient (Wildman–Crippen LogP) is 2.58. The maximum Gasteiger partial charge on any atom is 0.311 e. The van der Waals surface area contributed by atoms with Gasteiger partial charge in [-0.15, -0.1) is 0 Å².